The van der Waals surface area contributed by atoms with Gasteiger partial charge >= 0.3 is 0 Å². The highest BCUT2D eigenvalue weighted by Crippen LogP contribution is 2.18. The second-order valence-electron chi connectivity index (χ2n) is 6.12. The first kappa shape index (κ1) is 17.6. The lowest BCUT2D eigenvalue weighted by molar-refractivity contribution is 0.633. The molecule has 2 aromatic heterocycles. The lowest BCUT2D eigenvalue weighted by atomic mass is 10.1. The van der Waals surface area contributed by atoms with Crippen molar-refractivity contribution in [1.29, 1.82) is 0 Å². The van der Waals surface area contributed by atoms with E-state index in [1.807, 2.05) is 60.0 Å². The highest BCUT2D eigenvalue weighted by atomic mass is 35.5. The Morgan fingerprint density at radius 2 is 1.74 bits per heavy atom. The minimum Gasteiger partial charge on any atom is -0.268 e. The number of aromatic nitrogens is 3. The Kier molecular flexibility index (Phi) is 5.14. The number of hydrogen-bond acceptors (Lipinski definition) is 4. The van der Waals surface area contributed by atoms with Gasteiger partial charge < -0.3 is 0 Å². The molecule has 0 aliphatic carbocycles. The fourth-order valence-corrected chi connectivity index (χ4v) is 3.70. The van der Waals surface area contributed by atoms with Crippen molar-refractivity contribution in [3.05, 3.63) is 104 Å². The van der Waals surface area contributed by atoms with Crippen molar-refractivity contribution in [2.24, 2.45) is 0 Å². The van der Waals surface area contributed by atoms with Crippen LogP contribution in [0.25, 0.3) is 11.3 Å². The van der Waals surface area contributed by atoms with E-state index in [2.05, 4.69) is 10.1 Å². The van der Waals surface area contributed by atoms with Crippen molar-refractivity contribution in [3.63, 3.8) is 0 Å². The summed E-state index contributed by atoms with van der Waals surface area (Å²) in [7, 11) is 0. The maximum Gasteiger partial charge on any atom is 0.267 e. The minimum absolute atomic E-state index is 0.137. The van der Waals surface area contributed by atoms with Crippen molar-refractivity contribution >= 4 is 22.9 Å². The van der Waals surface area contributed by atoms with E-state index in [0.717, 1.165) is 39.0 Å². The molecule has 0 aliphatic heterocycles. The molecule has 0 fully saturated rings. The van der Waals surface area contributed by atoms with Crippen molar-refractivity contribution < 1.29 is 0 Å². The fourth-order valence-electron chi connectivity index (χ4n) is 2.76. The van der Waals surface area contributed by atoms with Crippen LogP contribution in [-0.4, -0.2) is 14.8 Å². The number of rotatable bonds is 5. The maximum atomic E-state index is 12.2. The molecule has 0 saturated carbocycles. The quantitative estimate of drug-likeness (QED) is 0.495. The molecule has 0 atom stereocenters. The van der Waals surface area contributed by atoms with Crippen LogP contribution in [0.5, 0.6) is 0 Å². The first-order valence-corrected chi connectivity index (χ1v) is 9.74. The first-order chi connectivity index (χ1) is 13.2. The standard InChI is InChI=1S/C21H16ClN3OS/c22-17-8-6-15(7-9-17)12-20-23-18(14-27-20)13-25-21(26)11-10-19(24-25)16-4-2-1-3-5-16/h1-11,14H,12-13H2. The number of benzene rings is 2. The zero-order chi connectivity index (χ0) is 18.6. The van der Waals surface area contributed by atoms with Crippen LogP contribution in [0.2, 0.25) is 5.02 Å². The zero-order valence-corrected chi connectivity index (χ0v) is 16.0. The van der Waals surface area contributed by atoms with Gasteiger partial charge in [-0.1, -0.05) is 54.1 Å². The highest BCUT2D eigenvalue weighted by Gasteiger charge is 2.08. The van der Waals surface area contributed by atoms with E-state index in [1.165, 1.54) is 4.68 Å². The summed E-state index contributed by atoms with van der Waals surface area (Å²) < 4.78 is 1.46. The smallest absolute Gasteiger partial charge is 0.267 e. The molecule has 27 heavy (non-hydrogen) atoms. The normalized spacial score (nSPS) is 10.9. The summed E-state index contributed by atoms with van der Waals surface area (Å²) in [6.45, 7) is 0.358. The van der Waals surface area contributed by atoms with Gasteiger partial charge in [0.05, 0.1) is 22.9 Å². The Balaban J connectivity index is 1.53. The van der Waals surface area contributed by atoms with Crippen LogP contribution in [0.3, 0.4) is 0 Å². The van der Waals surface area contributed by atoms with Gasteiger partial charge in [-0.3, -0.25) is 4.79 Å². The molecule has 0 N–H and O–H groups in total. The van der Waals surface area contributed by atoms with Gasteiger partial charge in [0.2, 0.25) is 0 Å². The van der Waals surface area contributed by atoms with Gasteiger partial charge in [-0.25, -0.2) is 9.67 Å². The van der Waals surface area contributed by atoms with Gasteiger partial charge in [-0.05, 0) is 23.8 Å². The minimum atomic E-state index is -0.137. The molecule has 0 radical (unpaired) electrons. The number of thiazole rings is 1. The fraction of sp³-hybridized carbons (Fsp3) is 0.0952. The third-order valence-electron chi connectivity index (χ3n) is 4.12. The molecular formula is C21H16ClN3OS. The molecule has 0 spiro atoms. The molecule has 134 valence electrons. The predicted octanol–water partition coefficient (Wildman–Crippen LogP) is 4.66. The summed E-state index contributed by atoms with van der Waals surface area (Å²) in [6, 6.07) is 20.9. The Hall–Kier alpha value is -2.76. The van der Waals surface area contributed by atoms with Crippen LogP contribution in [0.1, 0.15) is 16.3 Å². The second kappa shape index (κ2) is 7.86. The molecule has 0 bridgehead atoms. The van der Waals surface area contributed by atoms with Crippen molar-refractivity contribution in [3.8, 4) is 11.3 Å². The molecule has 4 nitrogen and oxygen atoms in total. The van der Waals surface area contributed by atoms with Gasteiger partial charge in [-0.15, -0.1) is 11.3 Å². The molecule has 0 saturated heterocycles. The van der Waals surface area contributed by atoms with Gasteiger partial charge in [0.1, 0.15) is 0 Å². The number of nitrogens with zero attached hydrogens (tertiary/aromatic N) is 3. The molecule has 0 unspecified atom stereocenters. The number of halogens is 1. The van der Waals surface area contributed by atoms with Crippen molar-refractivity contribution in [2.45, 2.75) is 13.0 Å². The van der Waals surface area contributed by atoms with E-state index >= 15 is 0 Å². The summed E-state index contributed by atoms with van der Waals surface area (Å²) in [4.78, 5) is 16.9. The van der Waals surface area contributed by atoms with Crippen LogP contribution in [-0.2, 0) is 13.0 Å². The second-order valence-corrected chi connectivity index (χ2v) is 7.50. The topological polar surface area (TPSA) is 47.8 Å². The van der Waals surface area contributed by atoms with Crippen LogP contribution >= 0.6 is 22.9 Å². The van der Waals surface area contributed by atoms with E-state index in [-0.39, 0.29) is 5.56 Å². The summed E-state index contributed by atoms with van der Waals surface area (Å²) in [6.07, 6.45) is 0.744. The highest BCUT2D eigenvalue weighted by molar-refractivity contribution is 7.09. The van der Waals surface area contributed by atoms with E-state index in [4.69, 9.17) is 11.6 Å². The molecule has 2 heterocycles. The molecule has 2 aromatic carbocycles. The Labute approximate surface area is 165 Å². The monoisotopic (exact) mass is 393 g/mol. The molecule has 0 aliphatic rings. The molecular weight excluding hydrogens is 378 g/mol. The van der Waals surface area contributed by atoms with Gasteiger partial charge in [-0.2, -0.15) is 5.10 Å². The average Bonchev–Trinajstić information content (AvgIpc) is 3.13. The lowest BCUT2D eigenvalue weighted by Gasteiger charge is -2.05. The van der Waals surface area contributed by atoms with Crippen LogP contribution in [0.4, 0.5) is 0 Å². The van der Waals surface area contributed by atoms with E-state index < -0.39 is 0 Å². The Morgan fingerprint density at radius 3 is 2.52 bits per heavy atom. The van der Waals surface area contributed by atoms with Crippen molar-refractivity contribution in [2.75, 3.05) is 0 Å². The summed E-state index contributed by atoms with van der Waals surface area (Å²) in [5, 5.41) is 8.20. The predicted molar refractivity (Wildman–Crippen MR) is 109 cm³/mol. The summed E-state index contributed by atoms with van der Waals surface area (Å²) >= 11 is 7.52. The van der Waals surface area contributed by atoms with Crippen LogP contribution in [0, 0.1) is 0 Å². The third-order valence-corrected chi connectivity index (χ3v) is 5.27. The number of hydrogen-bond donors (Lipinski definition) is 0. The third kappa shape index (κ3) is 4.32. The summed E-state index contributed by atoms with van der Waals surface area (Å²) in [5.41, 5.74) is 3.60. The zero-order valence-electron chi connectivity index (χ0n) is 14.4. The van der Waals surface area contributed by atoms with Gasteiger partial charge in [0.25, 0.3) is 5.56 Å². The van der Waals surface area contributed by atoms with Crippen LogP contribution < -0.4 is 5.56 Å². The molecule has 4 aromatic rings. The first-order valence-electron chi connectivity index (χ1n) is 8.49. The van der Waals surface area contributed by atoms with E-state index in [1.54, 1.807) is 23.5 Å². The SMILES string of the molecule is O=c1ccc(-c2ccccc2)nn1Cc1csc(Cc2ccc(Cl)cc2)n1. The van der Waals surface area contributed by atoms with Crippen LogP contribution in [0.15, 0.2) is 76.9 Å². The molecule has 6 heteroatoms. The molecule has 0 amide bonds. The van der Waals surface area contributed by atoms with Crippen molar-refractivity contribution in [1.82, 2.24) is 14.8 Å². The average molecular weight is 394 g/mol. The maximum absolute atomic E-state index is 12.2. The van der Waals surface area contributed by atoms with E-state index in [9.17, 15) is 4.79 Å². The molecule has 4 rings (SSSR count). The van der Waals surface area contributed by atoms with Gasteiger partial charge in [0.15, 0.2) is 0 Å². The largest absolute Gasteiger partial charge is 0.268 e. The Bertz CT molecular complexity index is 1100. The van der Waals surface area contributed by atoms with Gasteiger partial charge in [0, 0.05) is 28.5 Å². The van der Waals surface area contributed by atoms with E-state index in [0.29, 0.717) is 6.54 Å². The Morgan fingerprint density at radius 1 is 0.963 bits per heavy atom. The lowest BCUT2D eigenvalue weighted by Crippen LogP contribution is -2.23. The summed E-state index contributed by atoms with van der Waals surface area (Å²) in [5.74, 6) is 0.